The molecule has 0 unspecified atom stereocenters. The van der Waals surface area contributed by atoms with Crippen molar-refractivity contribution in [3.8, 4) is 0 Å². The van der Waals surface area contributed by atoms with Gasteiger partial charge >= 0.3 is 12.1 Å². The molecular weight excluding hydrogens is 365 g/mol. The van der Waals surface area contributed by atoms with Crippen molar-refractivity contribution in [2.24, 2.45) is 0 Å². The summed E-state index contributed by atoms with van der Waals surface area (Å²) < 4.78 is 37.5. The Balaban J connectivity index is 0.000000321. The lowest BCUT2D eigenvalue weighted by molar-refractivity contribution is -0.192. The number of hydrogen-bond acceptors (Lipinski definition) is 4. The first kappa shape index (κ1) is 21.3. The molecule has 3 rings (SSSR count). The number of nitrogens with zero attached hydrogens (tertiary/aromatic N) is 1. The van der Waals surface area contributed by atoms with Crippen LogP contribution < -0.4 is 5.32 Å². The van der Waals surface area contributed by atoms with Gasteiger partial charge in [0, 0.05) is 31.5 Å². The average Bonchev–Trinajstić information content (AvgIpc) is 3.04. The monoisotopic (exact) mass is 390 g/mol. The number of carbonyl (C=O) groups is 2. The number of alkyl halides is 3. The second-order valence-corrected chi connectivity index (χ2v) is 6.98. The van der Waals surface area contributed by atoms with E-state index in [0.29, 0.717) is 6.42 Å². The summed E-state index contributed by atoms with van der Waals surface area (Å²) >= 11 is 0. The third kappa shape index (κ3) is 6.27. The molecule has 2 aliphatic heterocycles. The molecule has 1 amide bonds. The normalized spacial score (nSPS) is 19.9. The van der Waals surface area contributed by atoms with Crippen LogP contribution in [0.1, 0.15) is 50.5 Å². The van der Waals surface area contributed by atoms with Crippen LogP contribution in [0.5, 0.6) is 0 Å². The summed E-state index contributed by atoms with van der Waals surface area (Å²) in [5.41, 5.74) is 0.0869. The first-order valence-electron chi connectivity index (χ1n) is 9.04. The number of furan rings is 1. The largest absolute Gasteiger partial charge is 0.490 e. The van der Waals surface area contributed by atoms with Crippen LogP contribution >= 0.6 is 0 Å². The molecule has 6 nitrogen and oxygen atoms in total. The number of nitrogens with one attached hydrogen (secondary N) is 1. The lowest BCUT2D eigenvalue weighted by Crippen LogP contribution is -2.57. The van der Waals surface area contributed by atoms with E-state index in [-0.39, 0.29) is 11.4 Å². The minimum Gasteiger partial charge on any atom is -0.475 e. The molecule has 1 spiro atoms. The maximum atomic E-state index is 11.6. The maximum Gasteiger partial charge on any atom is 0.490 e. The summed E-state index contributed by atoms with van der Waals surface area (Å²) in [4.78, 5) is 22.9. The first-order chi connectivity index (χ1) is 12.6. The second-order valence-electron chi connectivity index (χ2n) is 6.98. The smallest absolute Gasteiger partial charge is 0.475 e. The molecule has 0 radical (unpaired) electrons. The molecule has 0 aromatic carbocycles. The highest BCUT2D eigenvalue weighted by molar-refractivity contribution is 5.77. The Labute approximate surface area is 155 Å². The van der Waals surface area contributed by atoms with E-state index in [1.165, 1.54) is 0 Å². The van der Waals surface area contributed by atoms with Gasteiger partial charge in [-0.3, -0.25) is 9.69 Å². The number of hydrogen-bond donors (Lipinski definition) is 2. The highest BCUT2D eigenvalue weighted by Crippen LogP contribution is 2.31. The van der Waals surface area contributed by atoms with Gasteiger partial charge in [-0.05, 0) is 37.8 Å². The zero-order valence-electron chi connectivity index (χ0n) is 15.3. The van der Waals surface area contributed by atoms with Gasteiger partial charge in [0.15, 0.2) is 0 Å². The minimum atomic E-state index is -5.08. The van der Waals surface area contributed by atoms with Crippen LogP contribution in [-0.2, 0) is 22.6 Å². The predicted molar refractivity (Wildman–Crippen MR) is 91.0 cm³/mol. The zero-order valence-corrected chi connectivity index (χ0v) is 15.3. The van der Waals surface area contributed by atoms with Crippen molar-refractivity contribution in [3.05, 3.63) is 23.7 Å². The quantitative estimate of drug-likeness (QED) is 0.829. The van der Waals surface area contributed by atoms with E-state index in [1.807, 2.05) is 0 Å². The molecule has 0 bridgehead atoms. The highest BCUT2D eigenvalue weighted by atomic mass is 19.4. The number of amides is 1. The fourth-order valence-corrected chi connectivity index (χ4v) is 3.44. The van der Waals surface area contributed by atoms with Crippen molar-refractivity contribution in [1.82, 2.24) is 10.2 Å². The molecule has 2 aliphatic rings. The van der Waals surface area contributed by atoms with Crippen molar-refractivity contribution >= 4 is 11.9 Å². The number of halogens is 3. The number of piperidine rings is 2. The Morgan fingerprint density at radius 1 is 1.26 bits per heavy atom. The summed E-state index contributed by atoms with van der Waals surface area (Å²) in [5, 5.41) is 10.4. The van der Waals surface area contributed by atoms with Crippen LogP contribution in [0.2, 0.25) is 0 Å². The molecule has 0 aliphatic carbocycles. The van der Waals surface area contributed by atoms with Gasteiger partial charge < -0.3 is 14.8 Å². The molecule has 2 fully saturated rings. The Morgan fingerprint density at radius 3 is 2.33 bits per heavy atom. The number of carboxylic acids is 1. The Morgan fingerprint density at radius 2 is 1.85 bits per heavy atom. The van der Waals surface area contributed by atoms with Crippen LogP contribution in [0.25, 0.3) is 0 Å². The van der Waals surface area contributed by atoms with Crippen molar-refractivity contribution in [2.75, 3.05) is 13.1 Å². The van der Waals surface area contributed by atoms with Gasteiger partial charge in [-0.2, -0.15) is 13.2 Å². The zero-order chi connectivity index (χ0) is 20.1. The van der Waals surface area contributed by atoms with Crippen molar-refractivity contribution < 1.29 is 32.3 Å². The maximum absolute atomic E-state index is 11.6. The fraction of sp³-hybridized carbons (Fsp3) is 0.667. The third-order valence-electron chi connectivity index (χ3n) is 4.96. The van der Waals surface area contributed by atoms with Gasteiger partial charge in [-0.25, -0.2) is 4.79 Å². The van der Waals surface area contributed by atoms with Crippen LogP contribution in [0.15, 0.2) is 16.5 Å². The average molecular weight is 390 g/mol. The molecule has 3 heterocycles. The molecule has 2 N–H and O–H groups in total. The van der Waals surface area contributed by atoms with Gasteiger partial charge in [0.2, 0.25) is 5.91 Å². The van der Waals surface area contributed by atoms with Crippen LogP contribution in [0, 0.1) is 0 Å². The Hall–Kier alpha value is -2.03. The highest BCUT2D eigenvalue weighted by Gasteiger charge is 2.38. The van der Waals surface area contributed by atoms with E-state index in [4.69, 9.17) is 14.3 Å². The molecule has 1 aromatic heterocycles. The van der Waals surface area contributed by atoms with E-state index in [2.05, 4.69) is 29.3 Å². The molecule has 0 atom stereocenters. The number of rotatable bonds is 3. The second kappa shape index (κ2) is 8.77. The SMILES string of the molecule is CCc1ccc(CN2CCC3(CCCC(=O)N3)CC2)o1.O=C(O)C(F)(F)F. The number of aliphatic carboxylic acids is 1. The van der Waals surface area contributed by atoms with E-state index < -0.39 is 12.1 Å². The standard InChI is InChI=1S/C16H24N2O2.C2HF3O2/c1-2-13-5-6-14(20-13)12-18-10-8-16(9-11-18)7-3-4-15(19)17-16;3-2(4,5)1(6)7/h5-6H,2-4,7-12H2,1H3,(H,17,19);(H,6,7). The van der Waals surface area contributed by atoms with Gasteiger partial charge in [0.1, 0.15) is 11.5 Å². The summed E-state index contributed by atoms with van der Waals surface area (Å²) in [5.74, 6) is -0.394. The minimum absolute atomic E-state index is 0.0869. The number of aryl methyl sites for hydroxylation is 1. The summed E-state index contributed by atoms with van der Waals surface area (Å²) in [6.07, 6.45) is 0.907. The molecule has 0 saturated carbocycles. The lowest BCUT2D eigenvalue weighted by atomic mass is 9.80. The third-order valence-corrected chi connectivity index (χ3v) is 4.96. The Kier molecular flexibility index (Phi) is 6.91. The molecule has 27 heavy (non-hydrogen) atoms. The van der Waals surface area contributed by atoms with E-state index >= 15 is 0 Å². The van der Waals surface area contributed by atoms with Gasteiger partial charge in [-0.15, -0.1) is 0 Å². The number of carboxylic acid groups (broad SMARTS) is 1. The van der Waals surface area contributed by atoms with E-state index in [0.717, 1.165) is 63.3 Å². The van der Waals surface area contributed by atoms with Crippen LogP contribution in [-0.4, -0.2) is 46.7 Å². The first-order valence-corrected chi connectivity index (χ1v) is 9.04. The summed E-state index contributed by atoms with van der Waals surface area (Å²) in [7, 11) is 0. The summed E-state index contributed by atoms with van der Waals surface area (Å²) in [6.45, 7) is 5.09. The van der Waals surface area contributed by atoms with Crippen molar-refractivity contribution in [2.45, 2.75) is 63.7 Å². The van der Waals surface area contributed by atoms with Gasteiger partial charge in [0.25, 0.3) is 0 Å². The van der Waals surface area contributed by atoms with Crippen LogP contribution in [0.4, 0.5) is 13.2 Å². The van der Waals surface area contributed by atoms with Crippen LogP contribution in [0.3, 0.4) is 0 Å². The molecule has 152 valence electrons. The van der Waals surface area contributed by atoms with Crippen molar-refractivity contribution in [3.63, 3.8) is 0 Å². The number of likely N-dealkylation sites (tertiary alicyclic amines) is 1. The number of carbonyl (C=O) groups excluding carboxylic acids is 1. The van der Waals surface area contributed by atoms with Gasteiger partial charge in [0.05, 0.1) is 6.54 Å². The summed E-state index contributed by atoms with van der Waals surface area (Å²) in [6, 6.07) is 4.16. The molecule has 2 saturated heterocycles. The predicted octanol–water partition coefficient (Wildman–Crippen LogP) is 3.11. The van der Waals surface area contributed by atoms with E-state index in [1.54, 1.807) is 0 Å². The van der Waals surface area contributed by atoms with Crippen molar-refractivity contribution in [1.29, 1.82) is 0 Å². The van der Waals surface area contributed by atoms with E-state index in [9.17, 15) is 18.0 Å². The lowest BCUT2D eigenvalue weighted by Gasteiger charge is -2.44. The molecule has 1 aromatic rings. The Bertz CT molecular complexity index is 649. The molecular formula is C18H25F3N2O4. The van der Waals surface area contributed by atoms with Gasteiger partial charge in [-0.1, -0.05) is 6.92 Å². The fourth-order valence-electron chi connectivity index (χ4n) is 3.44. The topological polar surface area (TPSA) is 82.8 Å². The molecule has 9 heteroatoms.